The van der Waals surface area contributed by atoms with Crippen LogP contribution in [0.1, 0.15) is 24.0 Å². The van der Waals surface area contributed by atoms with Crippen LogP contribution in [0.15, 0.2) is 22.7 Å². The van der Waals surface area contributed by atoms with E-state index in [1.165, 1.54) is 48.1 Å². The number of rotatable bonds is 2. The lowest BCUT2D eigenvalue weighted by molar-refractivity contribution is 0.155. The Bertz CT molecular complexity index is 433. The first-order chi connectivity index (χ1) is 8.72. The maximum absolute atomic E-state index is 3.69. The average molecular weight is 309 g/mol. The van der Waals surface area contributed by atoms with Crippen molar-refractivity contribution >= 4 is 15.9 Å². The summed E-state index contributed by atoms with van der Waals surface area (Å²) in [4.78, 5) is 2.61. The Kier molecular flexibility index (Phi) is 3.73. The molecule has 2 aliphatic heterocycles. The molecule has 0 radical (unpaired) electrons. The molecular weight excluding hydrogens is 288 g/mol. The van der Waals surface area contributed by atoms with Crippen LogP contribution in [0.5, 0.6) is 0 Å². The largest absolute Gasteiger partial charge is 0.314 e. The van der Waals surface area contributed by atoms with Crippen molar-refractivity contribution in [1.82, 2.24) is 10.2 Å². The highest BCUT2D eigenvalue weighted by molar-refractivity contribution is 9.10. The number of fused-ring (bicyclic) bond motifs is 1. The van der Waals surface area contributed by atoms with Gasteiger partial charge in [0.15, 0.2) is 0 Å². The Balaban J connectivity index is 1.66. The Morgan fingerprint density at radius 3 is 3.11 bits per heavy atom. The van der Waals surface area contributed by atoms with E-state index in [0.29, 0.717) is 0 Å². The number of nitrogens with one attached hydrogen (secondary N) is 1. The smallest absolute Gasteiger partial charge is 0.0245 e. The van der Waals surface area contributed by atoms with Gasteiger partial charge >= 0.3 is 0 Å². The number of hydrogen-bond donors (Lipinski definition) is 1. The molecule has 0 aromatic heterocycles. The zero-order valence-electron chi connectivity index (χ0n) is 11.0. The van der Waals surface area contributed by atoms with Crippen molar-refractivity contribution in [3.05, 3.63) is 33.8 Å². The summed E-state index contributed by atoms with van der Waals surface area (Å²) in [6.45, 7) is 6.94. The molecule has 0 saturated carbocycles. The first kappa shape index (κ1) is 12.6. The summed E-state index contributed by atoms with van der Waals surface area (Å²) in [5.74, 6) is 0.878. The molecule has 2 fully saturated rings. The van der Waals surface area contributed by atoms with Gasteiger partial charge in [-0.3, -0.25) is 4.90 Å². The molecule has 1 N–H and O–H groups in total. The van der Waals surface area contributed by atoms with E-state index in [9.17, 15) is 0 Å². The quantitative estimate of drug-likeness (QED) is 0.903. The van der Waals surface area contributed by atoms with Crippen LogP contribution >= 0.6 is 15.9 Å². The monoisotopic (exact) mass is 308 g/mol. The van der Waals surface area contributed by atoms with E-state index in [1.807, 2.05) is 0 Å². The maximum Gasteiger partial charge on any atom is 0.0245 e. The van der Waals surface area contributed by atoms with Crippen molar-refractivity contribution in [2.24, 2.45) is 5.92 Å². The zero-order valence-corrected chi connectivity index (χ0v) is 12.5. The first-order valence-corrected chi connectivity index (χ1v) is 7.72. The van der Waals surface area contributed by atoms with Crippen LogP contribution in [-0.4, -0.2) is 30.6 Å². The number of piperidine rings is 1. The predicted molar refractivity (Wildman–Crippen MR) is 78.7 cm³/mol. The standard InChI is InChI=1S/C15H21BrN2/c1-11-2-3-12(14(16)8-11)9-18-7-5-15-13(10-18)4-6-17-15/h2-3,8,13,15,17H,4-7,9-10H2,1H3. The maximum atomic E-state index is 3.69. The normalized spacial score (nSPS) is 28.3. The molecular formula is C15H21BrN2. The van der Waals surface area contributed by atoms with Gasteiger partial charge in [0.25, 0.3) is 0 Å². The van der Waals surface area contributed by atoms with Crippen LogP contribution in [0.25, 0.3) is 0 Å². The van der Waals surface area contributed by atoms with Crippen molar-refractivity contribution in [3.63, 3.8) is 0 Å². The molecule has 0 amide bonds. The van der Waals surface area contributed by atoms with E-state index >= 15 is 0 Å². The third-order valence-corrected chi connectivity index (χ3v) is 5.08. The van der Waals surface area contributed by atoms with Crippen molar-refractivity contribution < 1.29 is 0 Å². The van der Waals surface area contributed by atoms with Crippen LogP contribution in [-0.2, 0) is 6.54 Å². The molecule has 98 valence electrons. The highest BCUT2D eigenvalue weighted by Crippen LogP contribution is 2.27. The van der Waals surface area contributed by atoms with E-state index in [2.05, 4.69) is 51.3 Å². The van der Waals surface area contributed by atoms with Crippen LogP contribution in [0.4, 0.5) is 0 Å². The van der Waals surface area contributed by atoms with E-state index in [4.69, 9.17) is 0 Å². The van der Waals surface area contributed by atoms with Gasteiger partial charge in [-0.15, -0.1) is 0 Å². The van der Waals surface area contributed by atoms with E-state index in [0.717, 1.165) is 18.5 Å². The number of aryl methyl sites for hydroxylation is 1. The minimum atomic E-state index is 0.794. The minimum Gasteiger partial charge on any atom is -0.314 e. The molecule has 2 heterocycles. The van der Waals surface area contributed by atoms with Crippen molar-refractivity contribution in [3.8, 4) is 0 Å². The molecule has 1 aromatic carbocycles. The van der Waals surface area contributed by atoms with Crippen molar-refractivity contribution in [2.45, 2.75) is 32.4 Å². The molecule has 18 heavy (non-hydrogen) atoms. The lowest BCUT2D eigenvalue weighted by atomic mass is 9.93. The molecule has 3 heteroatoms. The summed E-state index contributed by atoms with van der Waals surface area (Å²) in [6, 6.07) is 7.49. The third-order valence-electron chi connectivity index (χ3n) is 4.34. The van der Waals surface area contributed by atoms with Gasteiger partial charge in [-0.1, -0.05) is 28.1 Å². The average Bonchev–Trinajstić information content (AvgIpc) is 2.80. The van der Waals surface area contributed by atoms with Gasteiger partial charge in [-0.25, -0.2) is 0 Å². The second kappa shape index (κ2) is 5.32. The molecule has 2 aliphatic rings. The fourth-order valence-corrected chi connectivity index (χ4v) is 3.91. The van der Waals surface area contributed by atoms with E-state index in [-0.39, 0.29) is 0 Å². The second-order valence-electron chi connectivity index (χ2n) is 5.73. The van der Waals surface area contributed by atoms with E-state index in [1.54, 1.807) is 0 Å². The SMILES string of the molecule is Cc1ccc(CN2CCC3NCCC3C2)c(Br)c1. The minimum absolute atomic E-state index is 0.794. The molecule has 0 spiro atoms. The van der Waals surface area contributed by atoms with Crippen LogP contribution in [0.3, 0.4) is 0 Å². The fourth-order valence-electron chi connectivity index (χ4n) is 3.29. The second-order valence-corrected chi connectivity index (χ2v) is 6.58. The van der Waals surface area contributed by atoms with Gasteiger partial charge in [-0.05, 0) is 56.0 Å². The lowest BCUT2D eigenvalue weighted by Gasteiger charge is -2.35. The molecule has 2 unspecified atom stereocenters. The molecule has 2 atom stereocenters. The first-order valence-electron chi connectivity index (χ1n) is 6.93. The summed E-state index contributed by atoms with van der Waals surface area (Å²) in [6.07, 6.45) is 2.67. The molecule has 3 rings (SSSR count). The predicted octanol–water partition coefficient (Wildman–Crippen LogP) is 2.94. The fraction of sp³-hybridized carbons (Fsp3) is 0.600. The Labute approximate surface area is 118 Å². The highest BCUT2D eigenvalue weighted by Gasteiger charge is 2.32. The number of nitrogens with zero attached hydrogens (tertiary/aromatic N) is 1. The van der Waals surface area contributed by atoms with Crippen molar-refractivity contribution in [2.75, 3.05) is 19.6 Å². The van der Waals surface area contributed by atoms with Gasteiger partial charge in [0.2, 0.25) is 0 Å². The molecule has 0 aliphatic carbocycles. The highest BCUT2D eigenvalue weighted by atomic mass is 79.9. The lowest BCUT2D eigenvalue weighted by Crippen LogP contribution is -2.43. The zero-order chi connectivity index (χ0) is 12.5. The summed E-state index contributed by atoms with van der Waals surface area (Å²) in [5.41, 5.74) is 2.74. The summed E-state index contributed by atoms with van der Waals surface area (Å²) >= 11 is 3.69. The van der Waals surface area contributed by atoms with E-state index < -0.39 is 0 Å². The topological polar surface area (TPSA) is 15.3 Å². The number of benzene rings is 1. The third kappa shape index (κ3) is 2.63. The summed E-state index contributed by atoms with van der Waals surface area (Å²) < 4.78 is 1.26. The van der Waals surface area contributed by atoms with Gasteiger partial charge in [0.1, 0.15) is 0 Å². The van der Waals surface area contributed by atoms with Gasteiger partial charge in [0.05, 0.1) is 0 Å². The summed E-state index contributed by atoms with van der Waals surface area (Å²) in [5, 5.41) is 3.63. The Morgan fingerprint density at radius 2 is 2.28 bits per heavy atom. The number of likely N-dealkylation sites (tertiary alicyclic amines) is 1. The van der Waals surface area contributed by atoms with Gasteiger partial charge < -0.3 is 5.32 Å². The molecule has 1 aromatic rings. The van der Waals surface area contributed by atoms with Crippen LogP contribution < -0.4 is 5.32 Å². The molecule has 0 bridgehead atoms. The van der Waals surface area contributed by atoms with Crippen LogP contribution in [0, 0.1) is 12.8 Å². The number of hydrogen-bond acceptors (Lipinski definition) is 2. The van der Waals surface area contributed by atoms with Gasteiger partial charge in [-0.2, -0.15) is 0 Å². The summed E-state index contributed by atoms with van der Waals surface area (Å²) in [7, 11) is 0. The van der Waals surface area contributed by atoms with Gasteiger partial charge in [0, 0.05) is 23.6 Å². The Hall–Kier alpha value is -0.380. The van der Waals surface area contributed by atoms with Crippen molar-refractivity contribution in [1.29, 1.82) is 0 Å². The Morgan fingerprint density at radius 1 is 1.39 bits per heavy atom. The molecule has 2 nitrogen and oxygen atoms in total. The molecule has 2 saturated heterocycles. The number of halogens is 1. The van der Waals surface area contributed by atoms with Crippen LogP contribution in [0.2, 0.25) is 0 Å².